The van der Waals surface area contributed by atoms with E-state index in [1.807, 2.05) is 6.07 Å². The number of nitrogens with zero attached hydrogens (tertiary/aromatic N) is 2. The minimum Gasteiger partial charge on any atom is -0.494 e. The highest BCUT2D eigenvalue weighted by atomic mass is 16.5. The number of hydrogen-bond acceptors (Lipinski definition) is 7. The quantitative estimate of drug-likeness (QED) is 0.693. The molecule has 0 saturated carbocycles. The molecule has 0 amide bonds. The van der Waals surface area contributed by atoms with Crippen molar-refractivity contribution in [3.8, 4) is 17.2 Å². The second-order valence-corrected chi connectivity index (χ2v) is 8.94. The van der Waals surface area contributed by atoms with Gasteiger partial charge in [0.1, 0.15) is 11.4 Å². The zero-order valence-electron chi connectivity index (χ0n) is 17.9. The van der Waals surface area contributed by atoms with Crippen LogP contribution in [0.2, 0.25) is 0 Å². The van der Waals surface area contributed by atoms with E-state index < -0.39 is 0 Å². The SMILES string of the molecule is COC/C=C1\CN2C3C[C@@]45C(=Nc6c(OC)cc(OC)c(OC)c64)OCC3[C@H]1C[C@H]25. The van der Waals surface area contributed by atoms with Gasteiger partial charge in [0.25, 0.3) is 0 Å². The highest BCUT2D eigenvalue weighted by molar-refractivity contribution is 6.01. The lowest BCUT2D eigenvalue weighted by Gasteiger charge is -2.54. The first kappa shape index (κ1) is 18.5. The number of aliphatic imine (C=N–C) groups is 1. The third-order valence-corrected chi connectivity index (χ3v) is 8.05. The maximum Gasteiger partial charge on any atom is 0.201 e. The summed E-state index contributed by atoms with van der Waals surface area (Å²) in [6, 6.07) is 2.70. The lowest BCUT2D eigenvalue weighted by atomic mass is 9.68. The molecule has 3 unspecified atom stereocenters. The summed E-state index contributed by atoms with van der Waals surface area (Å²) in [5.74, 6) is 4.03. The molecule has 0 radical (unpaired) electrons. The van der Waals surface area contributed by atoms with Crippen molar-refractivity contribution >= 4 is 11.6 Å². The molecule has 30 heavy (non-hydrogen) atoms. The van der Waals surface area contributed by atoms with Gasteiger partial charge in [-0.2, -0.15) is 0 Å². The monoisotopic (exact) mass is 412 g/mol. The van der Waals surface area contributed by atoms with Crippen LogP contribution in [0.15, 0.2) is 22.7 Å². The van der Waals surface area contributed by atoms with Crippen molar-refractivity contribution in [1.29, 1.82) is 0 Å². The Bertz CT molecular complexity index is 973. The molecule has 0 N–H and O–H groups in total. The van der Waals surface area contributed by atoms with Crippen LogP contribution in [0.1, 0.15) is 18.4 Å². The molecule has 160 valence electrons. The topological polar surface area (TPSA) is 61.8 Å². The summed E-state index contributed by atoms with van der Waals surface area (Å²) in [5.41, 5.74) is 3.12. The standard InChI is InChI=1S/C23H28N2O5/c1-26-6-5-12-10-25-15-9-23-18(25)7-13(12)14(15)11-30-22(23)24-20-16(27-2)8-17(28-3)21(29-4)19(20)23/h5,8,13-15,18H,6-7,9-11H2,1-4H3/b12-5+/t13-,14?,15?,18-,23-/m0/s1. The molecule has 1 aromatic rings. The van der Waals surface area contributed by atoms with Crippen LogP contribution >= 0.6 is 0 Å². The summed E-state index contributed by atoms with van der Waals surface area (Å²) < 4.78 is 29.1. The van der Waals surface area contributed by atoms with Crippen LogP contribution in [-0.2, 0) is 14.9 Å². The molecule has 1 spiro atoms. The minimum atomic E-state index is -0.302. The van der Waals surface area contributed by atoms with Gasteiger partial charge < -0.3 is 23.7 Å². The summed E-state index contributed by atoms with van der Waals surface area (Å²) in [7, 11) is 6.81. The Balaban J connectivity index is 1.54. The van der Waals surface area contributed by atoms with E-state index >= 15 is 0 Å². The van der Waals surface area contributed by atoms with Gasteiger partial charge in [-0.15, -0.1) is 0 Å². The largest absolute Gasteiger partial charge is 0.494 e. The zero-order valence-corrected chi connectivity index (χ0v) is 17.9. The highest BCUT2D eigenvalue weighted by Crippen LogP contribution is 2.66. The smallest absolute Gasteiger partial charge is 0.201 e. The average molecular weight is 412 g/mol. The Hall–Kier alpha value is -2.25. The Labute approximate surface area is 176 Å². The normalized spacial score (nSPS) is 38.1. The molecular formula is C23H28N2O5. The second kappa shape index (κ2) is 6.37. The molecule has 7 rings (SSSR count). The molecule has 0 aliphatic carbocycles. The zero-order chi connectivity index (χ0) is 20.6. The van der Waals surface area contributed by atoms with Gasteiger partial charge in [-0.1, -0.05) is 11.6 Å². The number of rotatable bonds is 5. The third kappa shape index (κ3) is 2.05. The van der Waals surface area contributed by atoms with Gasteiger partial charge in [0.05, 0.1) is 40.0 Å². The Kier molecular flexibility index (Phi) is 3.93. The maximum absolute atomic E-state index is 6.46. The Morgan fingerprint density at radius 3 is 2.77 bits per heavy atom. The molecule has 6 heterocycles. The van der Waals surface area contributed by atoms with E-state index in [0.29, 0.717) is 48.6 Å². The van der Waals surface area contributed by atoms with E-state index in [2.05, 4.69) is 11.0 Å². The lowest BCUT2D eigenvalue weighted by Crippen LogP contribution is -2.61. The summed E-state index contributed by atoms with van der Waals surface area (Å²) >= 11 is 0. The van der Waals surface area contributed by atoms with Crippen LogP contribution < -0.4 is 14.2 Å². The molecule has 0 aromatic heterocycles. The van der Waals surface area contributed by atoms with Crippen LogP contribution in [0.4, 0.5) is 5.69 Å². The molecule has 6 atom stereocenters. The minimum absolute atomic E-state index is 0.302. The Morgan fingerprint density at radius 1 is 1.20 bits per heavy atom. The molecular weight excluding hydrogens is 384 g/mol. The van der Waals surface area contributed by atoms with E-state index in [0.717, 1.165) is 42.3 Å². The van der Waals surface area contributed by atoms with Gasteiger partial charge in [0.2, 0.25) is 5.90 Å². The fourth-order valence-electron chi connectivity index (χ4n) is 6.91. The van der Waals surface area contributed by atoms with Crippen molar-refractivity contribution in [3.05, 3.63) is 23.3 Å². The molecule has 1 aromatic carbocycles. The maximum atomic E-state index is 6.46. The fourth-order valence-corrected chi connectivity index (χ4v) is 6.91. The first-order valence-corrected chi connectivity index (χ1v) is 10.7. The van der Waals surface area contributed by atoms with Crippen molar-refractivity contribution in [1.82, 2.24) is 4.90 Å². The molecule has 7 heteroatoms. The number of piperidine rings is 3. The van der Waals surface area contributed by atoms with Gasteiger partial charge >= 0.3 is 0 Å². The van der Waals surface area contributed by atoms with Gasteiger partial charge in [-0.05, 0) is 18.8 Å². The summed E-state index contributed by atoms with van der Waals surface area (Å²) in [6.07, 6.45) is 4.40. The molecule has 5 fully saturated rings. The predicted molar refractivity (Wildman–Crippen MR) is 111 cm³/mol. The molecule has 5 bridgehead atoms. The van der Waals surface area contributed by atoms with Crippen molar-refractivity contribution < 1.29 is 23.7 Å². The van der Waals surface area contributed by atoms with Crippen molar-refractivity contribution in [2.24, 2.45) is 16.8 Å². The number of benzene rings is 1. The number of methoxy groups -OCH3 is 4. The van der Waals surface area contributed by atoms with E-state index in [1.165, 1.54) is 5.57 Å². The van der Waals surface area contributed by atoms with E-state index in [4.69, 9.17) is 28.7 Å². The molecule has 7 nitrogen and oxygen atoms in total. The van der Waals surface area contributed by atoms with Gasteiger partial charge in [-0.25, -0.2) is 4.99 Å². The molecule has 6 aliphatic heterocycles. The van der Waals surface area contributed by atoms with Gasteiger partial charge in [0.15, 0.2) is 11.5 Å². The van der Waals surface area contributed by atoms with Crippen molar-refractivity contribution in [3.63, 3.8) is 0 Å². The third-order valence-electron chi connectivity index (χ3n) is 8.05. The predicted octanol–water partition coefficient (Wildman–Crippen LogP) is 2.69. The van der Waals surface area contributed by atoms with Crippen molar-refractivity contribution in [2.75, 3.05) is 48.2 Å². The van der Waals surface area contributed by atoms with E-state index in [1.54, 1.807) is 28.4 Å². The van der Waals surface area contributed by atoms with Gasteiger partial charge in [-0.3, -0.25) is 4.90 Å². The number of fused-ring (bicyclic) bond motifs is 2. The van der Waals surface area contributed by atoms with Gasteiger partial charge in [0, 0.05) is 43.3 Å². The Morgan fingerprint density at radius 2 is 2.03 bits per heavy atom. The summed E-state index contributed by atoms with van der Waals surface area (Å²) in [5, 5.41) is 0. The highest BCUT2D eigenvalue weighted by Gasteiger charge is 2.70. The molecule has 5 saturated heterocycles. The van der Waals surface area contributed by atoms with Crippen LogP contribution in [0.25, 0.3) is 0 Å². The number of hydrogen-bond donors (Lipinski definition) is 0. The van der Waals surface area contributed by atoms with Crippen LogP contribution in [0.3, 0.4) is 0 Å². The van der Waals surface area contributed by atoms with Crippen LogP contribution in [0.5, 0.6) is 17.2 Å². The van der Waals surface area contributed by atoms with Crippen LogP contribution in [-0.4, -0.2) is 71.1 Å². The van der Waals surface area contributed by atoms with Crippen molar-refractivity contribution in [2.45, 2.75) is 30.3 Å². The summed E-state index contributed by atoms with van der Waals surface area (Å²) in [6.45, 7) is 2.39. The van der Waals surface area contributed by atoms with E-state index in [9.17, 15) is 0 Å². The fraction of sp³-hybridized carbons (Fsp3) is 0.609. The number of ether oxygens (including phenoxy) is 5. The molecule has 6 aliphatic rings. The second-order valence-electron chi connectivity index (χ2n) is 8.94. The average Bonchev–Trinajstić information content (AvgIpc) is 3.14. The first-order valence-electron chi connectivity index (χ1n) is 10.7. The summed E-state index contributed by atoms with van der Waals surface area (Å²) in [4.78, 5) is 7.70. The van der Waals surface area contributed by atoms with E-state index in [-0.39, 0.29) is 5.41 Å². The first-order chi connectivity index (χ1) is 14.7. The lowest BCUT2D eigenvalue weighted by molar-refractivity contribution is -0.0156. The van der Waals surface area contributed by atoms with Crippen LogP contribution in [0, 0.1) is 11.8 Å².